The summed E-state index contributed by atoms with van der Waals surface area (Å²) in [5, 5.41) is 27.0. The van der Waals surface area contributed by atoms with Crippen molar-refractivity contribution in [3.05, 3.63) is 35.0 Å². The maximum atomic E-state index is 11.1. The van der Waals surface area contributed by atoms with Gasteiger partial charge in [0, 0.05) is 16.5 Å². The third kappa shape index (κ3) is 2.25. The molecule has 0 atom stereocenters. The van der Waals surface area contributed by atoms with E-state index in [0.717, 1.165) is 0 Å². The van der Waals surface area contributed by atoms with Crippen LogP contribution in [0.5, 0.6) is 0 Å². The number of aliphatic carboxylic acids is 1. The fourth-order valence-corrected chi connectivity index (χ4v) is 1.90. The van der Waals surface area contributed by atoms with Gasteiger partial charge in [-0.3, -0.25) is 4.79 Å². The van der Waals surface area contributed by atoms with Crippen LogP contribution in [0.25, 0.3) is 10.9 Å². The second-order valence-electron chi connectivity index (χ2n) is 3.92. The number of aromatic amines is 1. The molecule has 0 radical (unpaired) electrons. The SMILES string of the molecule is O=C(O)Cc1c(C(=O)O)[nH]c2ccc(C(=O)O)cc12. The molecule has 98 valence electrons. The van der Waals surface area contributed by atoms with Gasteiger partial charge in [0.1, 0.15) is 5.69 Å². The van der Waals surface area contributed by atoms with Crippen LogP contribution in [0.1, 0.15) is 26.4 Å². The monoisotopic (exact) mass is 263 g/mol. The van der Waals surface area contributed by atoms with Gasteiger partial charge in [0.25, 0.3) is 0 Å². The largest absolute Gasteiger partial charge is 0.481 e. The molecule has 1 aromatic heterocycles. The quantitative estimate of drug-likeness (QED) is 0.656. The van der Waals surface area contributed by atoms with Crippen LogP contribution in [0.15, 0.2) is 18.2 Å². The molecule has 7 heteroatoms. The predicted molar refractivity (Wildman–Crippen MR) is 63.6 cm³/mol. The number of aromatic carboxylic acids is 2. The summed E-state index contributed by atoms with van der Waals surface area (Å²) in [6.45, 7) is 0. The van der Waals surface area contributed by atoms with Crippen molar-refractivity contribution in [3.63, 3.8) is 0 Å². The van der Waals surface area contributed by atoms with Crippen LogP contribution in [0.2, 0.25) is 0 Å². The number of aromatic nitrogens is 1. The number of hydrogen-bond donors (Lipinski definition) is 4. The minimum absolute atomic E-state index is 0.0323. The van der Waals surface area contributed by atoms with Crippen LogP contribution in [-0.2, 0) is 11.2 Å². The molecule has 0 aliphatic rings. The average molecular weight is 263 g/mol. The van der Waals surface area contributed by atoms with E-state index in [-0.39, 0.29) is 16.8 Å². The van der Waals surface area contributed by atoms with E-state index in [1.54, 1.807) is 0 Å². The first-order valence-corrected chi connectivity index (χ1v) is 5.23. The Kier molecular flexibility index (Phi) is 2.95. The number of carboxylic acid groups (broad SMARTS) is 3. The molecule has 19 heavy (non-hydrogen) atoms. The van der Waals surface area contributed by atoms with Crippen molar-refractivity contribution in [2.45, 2.75) is 6.42 Å². The Morgan fingerprint density at radius 1 is 1.05 bits per heavy atom. The smallest absolute Gasteiger partial charge is 0.352 e. The van der Waals surface area contributed by atoms with Gasteiger partial charge >= 0.3 is 17.9 Å². The van der Waals surface area contributed by atoms with E-state index < -0.39 is 24.3 Å². The number of carbonyl (C=O) groups is 3. The van der Waals surface area contributed by atoms with Gasteiger partial charge in [-0.05, 0) is 18.2 Å². The van der Waals surface area contributed by atoms with Crippen molar-refractivity contribution >= 4 is 28.8 Å². The normalized spacial score (nSPS) is 10.5. The number of carboxylic acids is 3. The fraction of sp³-hybridized carbons (Fsp3) is 0.0833. The Hall–Kier alpha value is -2.83. The van der Waals surface area contributed by atoms with Gasteiger partial charge in [-0.2, -0.15) is 0 Å². The van der Waals surface area contributed by atoms with Crippen LogP contribution < -0.4 is 0 Å². The highest BCUT2D eigenvalue weighted by Crippen LogP contribution is 2.24. The highest BCUT2D eigenvalue weighted by molar-refractivity contribution is 6.01. The molecule has 0 unspecified atom stereocenters. The molecule has 0 saturated carbocycles. The molecule has 1 aromatic carbocycles. The van der Waals surface area contributed by atoms with Crippen molar-refractivity contribution in [1.29, 1.82) is 0 Å². The molecule has 0 aliphatic carbocycles. The van der Waals surface area contributed by atoms with Crippen LogP contribution in [-0.4, -0.2) is 38.2 Å². The predicted octanol–water partition coefficient (Wildman–Crippen LogP) is 1.19. The van der Waals surface area contributed by atoms with Crippen LogP contribution in [0.4, 0.5) is 0 Å². The van der Waals surface area contributed by atoms with Crippen molar-refractivity contribution in [3.8, 4) is 0 Å². The molecule has 0 aliphatic heterocycles. The summed E-state index contributed by atoms with van der Waals surface area (Å²) in [6, 6.07) is 3.99. The molecule has 0 amide bonds. The summed E-state index contributed by atoms with van der Waals surface area (Å²) in [6.07, 6.45) is -0.495. The molecule has 2 rings (SSSR count). The van der Waals surface area contributed by atoms with Crippen molar-refractivity contribution in [2.75, 3.05) is 0 Å². The molecule has 0 spiro atoms. The molecule has 0 bridgehead atoms. The molecule has 0 saturated heterocycles. The molecule has 7 nitrogen and oxygen atoms in total. The zero-order valence-corrected chi connectivity index (χ0v) is 9.51. The fourth-order valence-electron chi connectivity index (χ4n) is 1.90. The number of rotatable bonds is 4. The molecule has 4 N–H and O–H groups in total. The summed E-state index contributed by atoms with van der Waals surface area (Å²) < 4.78 is 0. The van der Waals surface area contributed by atoms with Gasteiger partial charge in [-0.15, -0.1) is 0 Å². The lowest BCUT2D eigenvalue weighted by Crippen LogP contribution is -2.06. The summed E-state index contributed by atoms with van der Waals surface area (Å²) in [5.41, 5.74) is 0.187. The number of H-pyrrole nitrogens is 1. The Labute approximate surface area is 106 Å². The van der Waals surface area contributed by atoms with E-state index in [4.69, 9.17) is 15.3 Å². The summed E-state index contributed by atoms with van der Waals surface area (Å²) in [7, 11) is 0. The third-order valence-corrected chi connectivity index (χ3v) is 2.69. The van der Waals surface area contributed by atoms with Crippen LogP contribution in [0.3, 0.4) is 0 Å². The molecule has 2 aromatic rings. The third-order valence-electron chi connectivity index (χ3n) is 2.69. The lowest BCUT2D eigenvalue weighted by Gasteiger charge is -1.98. The maximum absolute atomic E-state index is 11.1. The Bertz CT molecular complexity index is 700. The zero-order valence-electron chi connectivity index (χ0n) is 9.51. The van der Waals surface area contributed by atoms with E-state index in [1.165, 1.54) is 18.2 Å². The summed E-state index contributed by atoms with van der Waals surface area (Å²) in [4.78, 5) is 35.3. The van der Waals surface area contributed by atoms with Crippen LogP contribution >= 0.6 is 0 Å². The first-order chi connectivity index (χ1) is 8.90. The molecular weight excluding hydrogens is 254 g/mol. The summed E-state index contributed by atoms with van der Waals surface area (Å²) in [5.74, 6) is -3.64. The minimum atomic E-state index is -1.29. The maximum Gasteiger partial charge on any atom is 0.352 e. The molecular formula is C12H9NO6. The average Bonchev–Trinajstić information content (AvgIpc) is 2.66. The van der Waals surface area contributed by atoms with E-state index in [0.29, 0.717) is 10.9 Å². The van der Waals surface area contributed by atoms with Crippen molar-refractivity contribution < 1.29 is 29.7 Å². The van der Waals surface area contributed by atoms with E-state index >= 15 is 0 Å². The number of benzene rings is 1. The first kappa shape index (κ1) is 12.6. The summed E-state index contributed by atoms with van der Waals surface area (Å²) >= 11 is 0. The molecule has 1 heterocycles. The van der Waals surface area contributed by atoms with Crippen LogP contribution in [0, 0.1) is 0 Å². The topological polar surface area (TPSA) is 128 Å². The zero-order chi connectivity index (χ0) is 14.2. The second-order valence-corrected chi connectivity index (χ2v) is 3.92. The second kappa shape index (κ2) is 4.45. The van der Waals surface area contributed by atoms with Gasteiger partial charge in [0.15, 0.2) is 0 Å². The molecule has 0 fully saturated rings. The highest BCUT2D eigenvalue weighted by atomic mass is 16.4. The highest BCUT2D eigenvalue weighted by Gasteiger charge is 2.20. The minimum Gasteiger partial charge on any atom is -0.481 e. The van der Waals surface area contributed by atoms with E-state index in [2.05, 4.69) is 4.98 Å². The Balaban J connectivity index is 2.73. The first-order valence-electron chi connectivity index (χ1n) is 5.23. The standard InChI is InChI=1S/C12H9NO6/c14-9(15)4-7-6-3-5(11(16)17)1-2-8(6)13-10(7)12(18)19/h1-3,13H,4H2,(H,14,15)(H,16,17)(H,18,19). The van der Waals surface area contributed by atoms with Gasteiger partial charge in [-0.1, -0.05) is 0 Å². The van der Waals surface area contributed by atoms with E-state index in [9.17, 15) is 14.4 Å². The van der Waals surface area contributed by atoms with Gasteiger partial charge in [0.2, 0.25) is 0 Å². The van der Waals surface area contributed by atoms with Crippen molar-refractivity contribution in [2.24, 2.45) is 0 Å². The lowest BCUT2D eigenvalue weighted by molar-refractivity contribution is -0.136. The lowest BCUT2D eigenvalue weighted by atomic mass is 10.1. The Morgan fingerprint density at radius 3 is 2.26 bits per heavy atom. The number of fused-ring (bicyclic) bond motifs is 1. The van der Waals surface area contributed by atoms with Gasteiger partial charge in [-0.25, -0.2) is 9.59 Å². The number of nitrogens with one attached hydrogen (secondary N) is 1. The number of hydrogen-bond acceptors (Lipinski definition) is 3. The Morgan fingerprint density at radius 2 is 1.74 bits per heavy atom. The van der Waals surface area contributed by atoms with Gasteiger partial charge in [0.05, 0.1) is 12.0 Å². The van der Waals surface area contributed by atoms with Crippen molar-refractivity contribution in [1.82, 2.24) is 4.98 Å². The van der Waals surface area contributed by atoms with Gasteiger partial charge < -0.3 is 20.3 Å². The van der Waals surface area contributed by atoms with E-state index in [1.807, 2.05) is 0 Å².